The highest BCUT2D eigenvalue weighted by atomic mass is 16.4. The van der Waals surface area contributed by atoms with Crippen LogP contribution < -0.4 is 0 Å². The Hall–Kier alpha value is -2.11. The van der Waals surface area contributed by atoms with E-state index >= 15 is 0 Å². The van der Waals surface area contributed by atoms with Crippen molar-refractivity contribution in [1.29, 1.82) is 0 Å². The zero-order valence-corrected chi connectivity index (χ0v) is 12.2. The molecule has 0 aromatic carbocycles. The van der Waals surface area contributed by atoms with E-state index in [0.717, 1.165) is 28.9 Å². The maximum absolute atomic E-state index is 9.64. The molecule has 0 spiro atoms. The van der Waals surface area contributed by atoms with Crippen LogP contribution in [-0.4, -0.2) is 32.2 Å². The molecule has 112 valence electrons. The van der Waals surface area contributed by atoms with Gasteiger partial charge in [0.1, 0.15) is 5.75 Å². The zero-order valence-electron chi connectivity index (χ0n) is 12.2. The van der Waals surface area contributed by atoms with E-state index < -0.39 is 11.9 Å². The Morgan fingerprint density at radius 2 is 1.45 bits per heavy atom. The highest BCUT2D eigenvalue weighted by Crippen LogP contribution is 2.25. The molecule has 0 atom stereocenters. The van der Waals surface area contributed by atoms with Crippen molar-refractivity contribution in [1.82, 2.24) is 4.98 Å². The highest BCUT2D eigenvalue weighted by molar-refractivity contribution is 5.75. The number of aromatic nitrogens is 1. The molecule has 0 unspecified atom stereocenters. The van der Waals surface area contributed by atoms with Gasteiger partial charge in [0.25, 0.3) is 0 Å². The van der Waals surface area contributed by atoms with Crippen LogP contribution in [0.25, 0.3) is 0 Å². The van der Waals surface area contributed by atoms with Gasteiger partial charge in [0.05, 0.1) is 18.5 Å². The second-order valence-corrected chi connectivity index (χ2v) is 4.38. The standard InChI is InChI=1S/C10H15NO.C4H6O4/c1-5-9-10(12)7(3)6(2)8(4)11-9;5-3(6)1-2-4(7)8/h12H,5H2,1-4H3;1-2H2,(H,5,6)(H,7,8). The largest absolute Gasteiger partial charge is 0.506 e. The van der Waals surface area contributed by atoms with Gasteiger partial charge in [0, 0.05) is 5.69 Å². The molecular formula is C14H21NO5. The Morgan fingerprint density at radius 3 is 1.80 bits per heavy atom. The van der Waals surface area contributed by atoms with Crippen molar-refractivity contribution in [3.63, 3.8) is 0 Å². The number of aryl methyl sites for hydroxylation is 2. The lowest BCUT2D eigenvalue weighted by atomic mass is 10.1. The van der Waals surface area contributed by atoms with Crippen molar-refractivity contribution in [3.8, 4) is 5.75 Å². The molecule has 6 heteroatoms. The second-order valence-electron chi connectivity index (χ2n) is 4.38. The molecule has 20 heavy (non-hydrogen) atoms. The van der Waals surface area contributed by atoms with Gasteiger partial charge in [-0.15, -0.1) is 0 Å². The molecule has 0 aliphatic rings. The number of nitrogens with zero attached hydrogens (tertiary/aromatic N) is 1. The second kappa shape index (κ2) is 8.14. The lowest BCUT2D eigenvalue weighted by molar-refractivity contribution is -0.143. The van der Waals surface area contributed by atoms with E-state index in [0.29, 0.717) is 5.75 Å². The number of pyridine rings is 1. The van der Waals surface area contributed by atoms with Gasteiger partial charge >= 0.3 is 11.9 Å². The predicted octanol–water partition coefficient (Wildman–Crippen LogP) is 2.21. The summed E-state index contributed by atoms with van der Waals surface area (Å²) >= 11 is 0. The number of aliphatic carboxylic acids is 2. The molecule has 1 heterocycles. The average Bonchev–Trinajstić information content (AvgIpc) is 2.39. The molecule has 0 radical (unpaired) electrons. The van der Waals surface area contributed by atoms with Gasteiger partial charge in [-0.25, -0.2) is 0 Å². The summed E-state index contributed by atoms with van der Waals surface area (Å²) in [5.74, 6) is -1.79. The first-order valence-corrected chi connectivity index (χ1v) is 6.29. The molecule has 6 nitrogen and oxygen atoms in total. The Kier molecular flexibility index (Phi) is 7.28. The SMILES string of the molecule is CCc1nc(C)c(C)c(C)c1O.O=C(O)CCC(=O)O. The van der Waals surface area contributed by atoms with Gasteiger partial charge in [0.2, 0.25) is 0 Å². The van der Waals surface area contributed by atoms with E-state index in [1.807, 2.05) is 27.7 Å². The minimum atomic E-state index is -1.08. The lowest BCUT2D eigenvalue weighted by Crippen LogP contribution is -2.00. The van der Waals surface area contributed by atoms with Crippen LogP contribution in [0.15, 0.2) is 0 Å². The number of carboxylic acids is 2. The fourth-order valence-electron chi connectivity index (χ4n) is 1.46. The van der Waals surface area contributed by atoms with Crippen molar-refractivity contribution >= 4 is 11.9 Å². The van der Waals surface area contributed by atoms with Crippen molar-refractivity contribution in [2.24, 2.45) is 0 Å². The average molecular weight is 283 g/mol. The van der Waals surface area contributed by atoms with Crippen LogP contribution in [0.4, 0.5) is 0 Å². The Balaban J connectivity index is 0.000000396. The lowest BCUT2D eigenvalue weighted by Gasteiger charge is -2.09. The van der Waals surface area contributed by atoms with Crippen LogP contribution in [0.3, 0.4) is 0 Å². The van der Waals surface area contributed by atoms with E-state index in [1.165, 1.54) is 0 Å². The molecule has 0 aliphatic carbocycles. The molecule has 1 rings (SSSR count). The molecule has 0 saturated heterocycles. The molecule has 0 bridgehead atoms. The van der Waals surface area contributed by atoms with Crippen LogP contribution in [0, 0.1) is 20.8 Å². The molecule has 0 amide bonds. The molecule has 1 aromatic heterocycles. The van der Waals surface area contributed by atoms with Crippen molar-refractivity contribution in [3.05, 3.63) is 22.5 Å². The topological polar surface area (TPSA) is 108 Å². The molecule has 0 saturated carbocycles. The first kappa shape index (κ1) is 17.9. The number of aromatic hydroxyl groups is 1. The zero-order chi connectivity index (χ0) is 15.9. The molecule has 3 N–H and O–H groups in total. The molecule has 0 fully saturated rings. The van der Waals surface area contributed by atoms with E-state index in [-0.39, 0.29) is 12.8 Å². The minimum absolute atomic E-state index is 0.296. The predicted molar refractivity (Wildman–Crippen MR) is 74.0 cm³/mol. The number of carbonyl (C=O) groups is 2. The number of carboxylic acid groups (broad SMARTS) is 2. The Labute approximate surface area is 118 Å². The summed E-state index contributed by atoms with van der Waals surface area (Å²) in [4.78, 5) is 23.6. The third kappa shape index (κ3) is 5.69. The van der Waals surface area contributed by atoms with Crippen LogP contribution in [0.1, 0.15) is 42.3 Å². The van der Waals surface area contributed by atoms with Gasteiger partial charge in [-0.1, -0.05) is 6.92 Å². The van der Waals surface area contributed by atoms with Gasteiger partial charge < -0.3 is 15.3 Å². The van der Waals surface area contributed by atoms with E-state index in [9.17, 15) is 14.7 Å². The van der Waals surface area contributed by atoms with Gasteiger partial charge in [-0.2, -0.15) is 0 Å². The summed E-state index contributed by atoms with van der Waals surface area (Å²) in [6.45, 7) is 7.88. The molecular weight excluding hydrogens is 262 g/mol. The quantitative estimate of drug-likeness (QED) is 0.782. The maximum atomic E-state index is 9.64. The van der Waals surface area contributed by atoms with Crippen molar-refractivity contribution in [2.75, 3.05) is 0 Å². The van der Waals surface area contributed by atoms with E-state index in [4.69, 9.17) is 10.2 Å². The van der Waals surface area contributed by atoms with Crippen LogP contribution in [0.2, 0.25) is 0 Å². The third-order valence-electron chi connectivity index (χ3n) is 2.92. The van der Waals surface area contributed by atoms with Crippen LogP contribution in [-0.2, 0) is 16.0 Å². The van der Waals surface area contributed by atoms with Crippen molar-refractivity contribution in [2.45, 2.75) is 47.0 Å². The third-order valence-corrected chi connectivity index (χ3v) is 2.92. The normalized spacial score (nSPS) is 9.60. The molecule has 1 aromatic rings. The maximum Gasteiger partial charge on any atom is 0.303 e. The monoisotopic (exact) mass is 283 g/mol. The fraction of sp³-hybridized carbons (Fsp3) is 0.500. The van der Waals surface area contributed by atoms with E-state index in [2.05, 4.69) is 4.98 Å². The highest BCUT2D eigenvalue weighted by Gasteiger charge is 2.08. The summed E-state index contributed by atoms with van der Waals surface area (Å²) in [5.41, 5.74) is 3.86. The summed E-state index contributed by atoms with van der Waals surface area (Å²) in [6.07, 6.45) is 0.193. The van der Waals surface area contributed by atoms with Gasteiger partial charge in [-0.3, -0.25) is 14.6 Å². The first-order valence-electron chi connectivity index (χ1n) is 6.29. The van der Waals surface area contributed by atoms with Crippen LogP contribution in [0.5, 0.6) is 5.75 Å². The number of rotatable bonds is 4. The smallest absolute Gasteiger partial charge is 0.303 e. The van der Waals surface area contributed by atoms with E-state index in [1.54, 1.807) is 0 Å². The summed E-state index contributed by atoms with van der Waals surface area (Å²) in [6, 6.07) is 0. The fourth-order valence-corrected chi connectivity index (χ4v) is 1.46. The first-order chi connectivity index (χ1) is 9.20. The Bertz CT molecular complexity index is 483. The van der Waals surface area contributed by atoms with Gasteiger partial charge in [-0.05, 0) is 38.3 Å². The van der Waals surface area contributed by atoms with Crippen molar-refractivity contribution < 1.29 is 24.9 Å². The summed E-state index contributed by atoms with van der Waals surface area (Å²) < 4.78 is 0. The van der Waals surface area contributed by atoms with Crippen LogP contribution >= 0.6 is 0 Å². The molecule has 0 aliphatic heterocycles. The van der Waals surface area contributed by atoms with Gasteiger partial charge in [0.15, 0.2) is 0 Å². The summed E-state index contributed by atoms with van der Waals surface area (Å²) in [7, 11) is 0. The number of hydrogen-bond donors (Lipinski definition) is 3. The Morgan fingerprint density at radius 1 is 1.00 bits per heavy atom. The summed E-state index contributed by atoms with van der Waals surface area (Å²) in [5, 5.41) is 25.4. The number of hydrogen-bond acceptors (Lipinski definition) is 4. The minimum Gasteiger partial charge on any atom is -0.506 e.